The lowest BCUT2D eigenvalue weighted by Gasteiger charge is -2.03. The smallest absolute Gasteiger partial charge is 0.220 e. The number of aliphatic hydroxyl groups excluding tert-OH is 1. The number of aliphatic hydroxyl groups is 1. The highest BCUT2D eigenvalue weighted by Crippen LogP contribution is 2.10. The fourth-order valence-electron chi connectivity index (χ4n) is 2.64. The molecule has 3 nitrogen and oxygen atoms in total. The minimum Gasteiger partial charge on any atom is -0.395 e. The van der Waals surface area contributed by atoms with Crippen LogP contribution in [0.15, 0.2) is 12.2 Å². The molecule has 0 unspecified atom stereocenters. The lowest BCUT2D eigenvalue weighted by Crippen LogP contribution is -2.25. The van der Waals surface area contributed by atoms with Gasteiger partial charge in [0.2, 0.25) is 5.91 Å². The molecule has 0 atom stereocenters. The fraction of sp³-hybridized carbons (Fsp3) is 0.850. The zero-order valence-electron chi connectivity index (χ0n) is 15.3. The van der Waals surface area contributed by atoms with Crippen molar-refractivity contribution in [1.29, 1.82) is 0 Å². The second-order valence-corrected chi connectivity index (χ2v) is 6.41. The van der Waals surface area contributed by atoms with E-state index in [1.807, 2.05) is 0 Å². The SMILES string of the molecule is CCCCCCC=CCCCCCCCCCC(=O)NCCO. The second kappa shape index (κ2) is 19.2. The summed E-state index contributed by atoms with van der Waals surface area (Å²) in [5.41, 5.74) is 0. The average molecular weight is 326 g/mol. The number of amides is 1. The van der Waals surface area contributed by atoms with Gasteiger partial charge >= 0.3 is 0 Å². The van der Waals surface area contributed by atoms with Crippen molar-refractivity contribution in [1.82, 2.24) is 5.32 Å². The van der Waals surface area contributed by atoms with Gasteiger partial charge in [0.1, 0.15) is 0 Å². The Bertz CT molecular complexity index is 277. The topological polar surface area (TPSA) is 49.3 Å². The number of nitrogens with one attached hydrogen (secondary N) is 1. The van der Waals surface area contributed by atoms with Gasteiger partial charge in [0, 0.05) is 13.0 Å². The zero-order valence-corrected chi connectivity index (χ0v) is 15.3. The highest BCUT2D eigenvalue weighted by molar-refractivity contribution is 5.75. The molecule has 23 heavy (non-hydrogen) atoms. The molecule has 0 aromatic carbocycles. The minimum absolute atomic E-state index is 0.0276. The van der Waals surface area contributed by atoms with Crippen LogP contribution >= 0.6 is 0 Å². The molecule has 0 aromatic heterocycles. The summed E-state index contributed by atoms with van der Waals surface area (Å²) >= 11 is 0. The fourth-order valence-corrected chi connectivity index (χ4v) is 2.64. The Morgan fingerprint density at radius 2 is 1.35 bits per heavy atom. The van der Waals surface area contributed by atoms with Gasteiger partial charge in [0.05, 0.1) is 6.61 Å². The van der Waals surface area contributed by atoms with Crippen LogP contribution in [0.4, 0.5) is 0 Å². The van der Waals surface area contributed by atoms with E-state index in [-0.39, 0.29) is 12.5 Å². The van der Waals surface area contributed by atoms with E-state index in [1.165, 1.54) is 70.6 Å². The van der Waals surface area contributed by atoms with Crippen LogP contribution in [0.1, 0.15) is 96.8 Å². The summed E-state index contributed by atoms with van der Waals surface area (Å²) in [5.74, 6) is 0.0699. The van der Waals surface area contributed by atoms with Crippen LogP contribution in [-0.4, -0.2) is 24.2 Å². The molecule has 0 aliphatic rings. The van der Waals surface area contributed by atoms with Gasteiger partial charge in [-0.15, -0.1) is 0 Å². The van der Waals surface area contributed by atoms with Crippen molar-refractivity contribution in [2.45, 2.75) is 96.8 Å². The van der Waals surface area contributed by atoms with E-state index in [0.29, 0.717) is 13.0 Å². The summed E-state index contributed by atoms with van der Waals surface area (Å²) in [6, 6.07) is 0. The summed E-state index contributed by atoms with van der Waals surface area (Å²) in [6.45, 7) is 2.66. The van der Waals surface area contributed by atoms with E-state index < -0.39 is 0 Å². The van der Waals surface area contributed by atoms with Gasteiger partial charge in [-0.1, -0.05) is 70.4 Å². The number of carbonyl (C=O) groups excluding carboxylic acids is 1. The standard InChI is InChI=1S/C20H39NO2/c1-2-3-4-5-6-7-8-9-10-11-12-13-14-15-16-17-20(23)21-18-19-22/h7-8,22H,2-6,9-19H2,1H3,(H,21,23). The third kappa shape index (κ3) is 19.1. The summed E-state index contributed by atoms with van der Waals surface area (Å²) < 4.78 is 0. The Labute approximate surface area is 143 Å². The Morgan fingerprint density at radius 1 is 0.826 bits per heavy atom. The van der Waals surface area contributed by atoms with E-state index in [4.69, 9.17) is 5.11 Å². The number of hydrogen-bond donors (Lipinski definition) is 2. The van der Waals surface area contributed by atoms with Crippen LogP contribution in [0, 0.1) is 0 Å². The van der Waals surface area contributed by atoms with Crippen molar-refractivity contribution < 1.29 is 9.90 Å². The molecular weight excluding hydrogens is 286 g/mol. The third-order valence-electron chi connectivity index (χ3n) is 4.10. The number of allylic oxidation sites excluding steroid dienone is 2. The van der Waals surface area contributed by atoms with E-state index in [2.05, 4.69) is 24.4 Å². The minimum atomic E-state index is 0.0276. The van der Waals surface area contributed by atoms with Crippen LogP contribution in [0.5, 0.6) is 0 Å². The molecule has 136 valence electrons. The number of hydrogen-bond acceptors (Lipinski definition) is 2. The predicted molar refractivity (Wildman–Crippen MR) is 99.5 cm³/mol. The van der Waals surface area contributed by atoms with E-state index >= 15 is 0 Å². The monoisotopic (exact) mass is 325 g/mol. The molecular formula is C20H39NO2. The summed E-state index contributed by atoms with van der Waals surface area (Å²) in [5, 5.41) is 11.3. The van der Waals surface area contributed by atoms with Crippen molar-refractivity contribution in [3.63, 3.8) is 0 Å². The molecule has 0 aliphatic heterocycles. The molecule has 3 heteroatoms. The van der Waals surface area contributed by atoms with Crippen molar-refractivity contribution in [2.75, 3.05) is 13.2 Å². The Balaban J connectivity index is 3.13. The maximum absolute atomic E-state index is 11.3. The number of carbonyl (C=O) groups is 1. The van der Waals surface area contributed by atoms with E-state index in [1.54, 1.807) is 0 Å². The maximum Gasteiger partial charge on any atom is 0.220 e. The van der Waals surface area contributed by atoms with Gasteiger partial charge in [-0.25, -0.2) is 0 Å². The number of unbranched alkanes of at least 4 members (excludes halogenated alkanes) is 11. The van der Waals surface area contributed by atoms with Gasteiger partial charge in [-0.05, 0) is 32.1 Å². The van der Waals surface area contributed by atoms with E-state index in [9.17, 15) is 4.79 Å². The van der Waals surface area contributed by atoms with Gasteiger partial charge in [0.15, 0.2) is 0 Å². The normalized spacial score (nSPS) is 11.2. The molecule has 0 saturated carbocycles. The maximum atomic E-state index is 11.3. The third-order valence-corrected chi connectivity index (χ3v) is 4.10. The first kappa shape index (κ1) is 22.2. The summed E-state index contributed by atoms with van der Waals surface area (Å²) in [4.78, 5) is 11.3. The van der Waals surface area contributed by atoms with Crippen molar-refractivity contribution in [3.8, 4) is 0 Å². The van der Waals surface area contributed by atoms with Crippen LogP contribution in [-0.2, 0) is 4.79 Å². The largest absolute Gasteiger partial charge is 0.395 e. The van der Waals surface area contributed by atoms with Crippen LogP contribution in [0.3, 0.4) is 0 Å². The molecule has 0 saturated heterocycles. The second-order valence-electron chi connectivity index (χ2n) is 6.41. The molecule has 0 rings (SSSR count). The summed E-state index contributed by atoms with van der Waals surface area (Å²) in [7, 11) is 0. The molecule has 0 bridgehead atoms. The Hall–Kier alpha value is -0.830. The van der Waals surface area contributed by atoms with Crippen LogP contribution in [0.25, 0.3) is 0 Å². The quantitative estimate of drug-likeness (QED) is 0.287. The van der Waals surface area contributed by atoms with Crippen molar-refractivity contribution in [2.24, 2.45) is 0 Å². The lowest BCUT2D eigenvalue weighted by atomic mass is 10.1. The first-order valence-electron chi connectivity index (χ1n) is 9.83. The Morgan fingerprint density at radius 3 is 1.91 bits per heavy atom. The van der Waals surface area contributed by atoms with Gasteiger partial charge in [-0.2, -0.15) is 0 Å². The van der Waals surface area contributed by atoms with Crippen LogP contribution in [0.2, 0.25) is 0 Å². The van der Waals surface area contributed by atoms with Gasteiger partial charge in [-0.3, -0.25) is 4.79 Å². The molecule has 2 N–H and O–H groups in total. The molecule has 0 fully saturated rings. The van der Waals surface area contributed by atoms with Crippen LogP contribution < -0.4 is 5.32 Å². The highest BCUT2D eigenvalue weighted by Gasteiger charge is 1.99. The van der Waals surface area contributed by atoms with Gasteiger partial charge in [0.25, 0.3) is 0 Å². The molecule has 1 amide bonds. The first-order valence-corrected chi connectivity index (χ1v) is 9.83. The Kier molecular flexibility index (Phi) is 18.5. The molecule has 0 aromatic rings. The van der Waals surface area contributed by atoms with E-state index in [0.717, 1.165) is 12.8 Å². The predicted octanol–water partition coefficient (Wildman–Crippen LogP) is 5.13. The average Bonchev–Trinajstić information content (AvgIpc) is 2.56. The first-order chi connectivity index (χ1) is 11.3. The van der Waals surface area contributed by atoms with Crippen molar-refractivity contribution in [3.05, 3.63) is 12.2 Å². The van der Waals surface area contributed by atoms with Crippen molar-refractivity contribution >= 4 is 5.91 Å². The number of rotatable bonds is 17. The van der Waals surface area contributed by atoms with Gasteiger partial charge < -0.3 is 10.4 Å². The summed E-state index contributed by atoms with van der Waals surface area (Å²) in [6.07, 6.45) is 21.8. The molecule has 0 radical (unpaired) electrons. The highest BCUT2D eigenvalue weighted by atomic mass is 16.3. The molecule has 0 aliphatic carbocycles. The molecule has 0 heterocycles. The zero-order chi connectivity index (χ0) is 17.0. The molecule has 0 spiro atoms. The lowest BCUT2D eigenvalue weighted by molar-refractivity contribution is -0.121.